The normalized spacial score (nSPS) is 14.5. The Kier molecular flexibility index (Phi) is 3.05. The van der Waals surface area contributed by atoms with Gasteiger partial charge in [-0.1, -0.05) is 66.7 Å². The van der Waals surface area contributed by atoms with Crippen LogP contribution in [0.1, 0.15) is 22.3 Å². The molecule has 1 aliphatic carbocycles. The molecule has 2 aliphatic rings. The molecule has 1 N–H and O–H groups in total. The van der Waals surface area contributed by atoms with E-state index in [0.717, 1.165) is 17.1 Å². The number of benzene rings is 4. The van der Waals surface area contributed by atoms with Gasteiger partial charge in [-0.05, 0) is 57.6 Å². The fraction of sp³-hybridized carbons (Fsp3) is 0.0769. The minimum absolute atomic E-state index is 0.348. The SMILES string of the molecule is COc1ccc2c(c1)C1(c3ccccc3N2)c2ccccc2-c2ccccc21. The monoisotopic (exact) mass is 361 g/mol. The van der Waals surface area contributed by atoms with Gasteiger partial charge in [0.25, 0.3) is 0 Å². The highest BCUT2D eigenvalue weighted by Gasteiger charge is 2.49. The van der Waals surface area contributed by atoms with Crippen LogP contribution in [0.5, 0.6) is 5.75 Å². The molecule has 2 heteroatoms. The van der Waals surface area contributed by atoms with Crippen molar-refractivity contribution in [3.63, 3.8) is 0 Å². The molecule has 0 atom stereocenters. The standard InChI is InChI=1S/C26H19NO/c1-28-17-14-15-25-23(16-17)26(22-12-6-7-13-24(22)27-25)20-10-4-2-8-18(20)19-9-3-5-11-21(19)26/h2-16,27H,1H3. The fourth-order valence-corrected chi connectivity index (χ4v) is 5.09. The molecule has 28 heavy (non-hydrogen) atoms. The summed E-state index contributed by atoms with van der Waals surface area (Å²) in [6, 6.07) is 32.6. The highest BCUT2D eigenvalue weighted by atomic mass is 16.5. The van der Waals surface area contributed by atoms with Gasteiger partial charge in [-0.2, -0.15) is 0 Å². The van der Waals surface area contributed by atoms with Gasteiger partial charge in [-0.15, -0.1) is 0 Å². The third-order valence-corrected chi connectivity index (χ3v) is 6.18. The summed E-state index contributed by atoms with van der Waals surface area (Å²) in [5.74, 6) is 0.876. The molecular weight excluding hydrogens is 342 g/mol. The molecule has 134 valence electrons. The predicted octanol–water partition coefficient (Wildman–Crippen LogP) is 6.12. The number of nitrogens with one attached hydrogen (secondary N) is 1. The molecule has 1 heterocycles. The Bertz CT molecular complexity index is 1200. The van der Waals surface area contributed by atoms with Crippen molar-refractivity contribution in [3.8, 4) is 16.9 Å². The number of anilines is 2. The number of para-hydroxylation sites is 1. The zero-order valence-corrected chi connectivity index (χ0v) is 15.6. The zero-order valence-electron chi connectivity index (χ0n) is 15.6. The van der Waals surface area contributed by atoms with Gasteiger partial charge < -0.3 is 10.1 Å². The van der Waals surface area contributed by atoms with Crippen molar-refractivity contribution in [1.29, 1.82) is 0 Å². The van der Waals surface area contributed by atoms with Crippen molar-refractivity contribution in [1.82, 2.24) is 0 Å². The molecule has 0 radical (unpaired) electrons. The molecule has 0 saturated heterocycles. The molecule has 0 amide bonds. The molecule has 0 fully saturated rings. The van der Waals surface area contributed by atoms with Crippen LogP contribution in [0, 0.1) is 0 Å². The Hall–Kier alpha value is -3.52. The fourth-order valence-electron chi connectivity index (χ4n) is 5.09. The maximum Gasteiger partial charge on any atom is 0.119 e. The van der Waals surface area contributed by atoms with E-state index in [1.807, 2.05) is 6.07 Å². The van der Waals surface area contributed by atoms with Gasteiger partial charge in [-0.25, -0.2) is 0 Å². The van der Waals surface area contributed by atoms with Gasteiger partial charge >= 0.3 is 0 Å². The Balaban J connectivity index is 1.84. The Morgan fingerprint density at radius 1 is 0.607 bits per heavy atom. The van der Waals surface area contributed by atoms with Crippen molar-refractivity contribution in [3.05, 3.63) is 113 Å². The number of methoxy groups -OCH3 is 1. The van der Waals surface area contributed by atoms with E-state index in [0.29, 0.717) is 0 Å². The topological polar surface area (TPSA) is 21.3 Å². The van der Waals surface area contributed by atoms with Crippen LogP contribution in [0.25, 0.3) is 11.1 Å². The lowest BCUT2D eigenvalue weighted by Crippen LogP contribution is -2.33. The van der Waals surface area contributed by atoms with E-state index in [-0.39, 0.29) is 5.41 Å². The summed E-state index contributed by atoms with van der Waals surface area (Å²) >= 11 is 0. The molecule has 0 aromatic heterocycles. The summed E-state index contributed by atoms with van der Waals surface area (Å²) in [7, 11) is 1.73. The van der Waals surface area contributed by atoms with E-state index in [1.54, 1.807) is 7.11 Å². The van der Waals surface area contributed by atoms with Crippen LogP contribution in [0.15, 0.2) is 91.0 Å². The van der Waals surface area contributed by atoms with Gasteiger partial charge in [0.15, 0.2) is 0 Å². The van der Waals surface area contributed by atoms with Crippen LogP contribution < -0.4 is 10.1 Å². The summed E-state index contributed by atoms with van der Waals surface area (Å²) in [5, 5.41) is 3.65. The first kappa shape index (κ1) is 15.5. The lowest BCUT2D eigenvalue weighted by Gasteiger charge is -2.40. The van der Waals surface area contributed by atoms with E-state index >= 15 is 0 Å². The van der Waals surface area contributed by atoms with Crippen LogP contribution in [-0.4, -0.2) is 7.11 Å². The molecule has 4 aromatic rings. The lowest BCUT2D eigenvalue weighted by molar-refractivity contribution is 0.414. The summed E-state index contributed by atoms with van der Waals surface area (Å²) in [6.45, 7) is 0. The average molecular weight is 361 g/mol. The number of ether oxygens (including phenoxy) is 1. The third kappa shape index (κ3) is 1.77. The van der Waals surface area contributed by atoms with Crippen LogP contribution in [0.2, 0.25) is 0 Å². The van der Waals surface area contributed by atoms with Crippen LogP contribution in [0.3, 0.4) is 0 Å². The van der Waals surface area contributed by atoms with Crippen molar-refractivity contribution < 1.29 is 4.74 Å². The number of fused-ring (bicyclic) bond motifs is 9. The first-order valence-corrected chi connectivity index (χ1v) is 9.58. The van der Waals surface area contributed by atoms with Gasteiger partial charge in [0.2, 0.25) is 0 Å². The summed E-state index contributed by atoms with van der Waals surface area (Å²) < 4.78 is 5.62. The Morgan fingerprint density at radius 2 is 1.18 bits per heavy atom. The van der Waals surface area contributed by atoms with Gasteiger partial charge in [0.05, 0.1) is 12.5 Å². The second-order valence-corrected chi connectivity index (χ2v) is 7.42. The lowest BCUT2D eigenvalue weighted by atomic mass is 9.65. The molecule has 1 aliphatic heterocycles. The van der Waals surface area contributed by atoms with E-state index in [2.05, 4.69) is 90.2 Å². The highest BCUT2D eigenvalue weighted by molar-refractivity contribution is 5.92. The van der Waals surface area contributed by atoms with Crippen molar-refractivity contribution >= 4 is 11.4 Å². The highest BCUT2D eigenvalue weighted by Crippen LogP contribution is 2.61. The maximum atomic E-state index is 5.62. The van der Waals surface area contributed by atoms with E-state index < -0.39 is 0 Å². The van der Waals surface area contributed by atoms with Crippen molar-refractivity contribution in [2.45, 2.75) is 5.41 Å². The first-order chi connectivity index (χ1) is 13.8. The van der Waals surface area contributed by atoms with E-state index in [4.69, 9.17) is 4.74 Å². The van der Waals surface area contributed by atoms with Gasteiger partial charge in [0.1, 0.15) is 5.75 Å². The molecular formula is C26H19NO. The van der Waals surface area contributed by atoms with Gasteiger partial charge in [0, 0.05) is 11.4 Å². The Morgan fingerprint density at radius 3 is 1.86 bits per heavy atom. The third-order valence-electron chi connectivity index (χ3n) is 6.18. The van der Waals surface area contributed by atoms with Crippen LogP contribution in [-0.2, 0) is 5.41 Å². The molecule has 0 bridgehead atoms. The van der Waals surface area contributed by atoms with E-state index in [9.17, 15) is 0 Å². The maximum absolute atomic E-state index is 5.62. The number of rotatable bonds is 1. The van der Waals surface area contributed by atoms with Gasteiger partial charge in [-0.3, -0.25) is 0 Å². The summed E-state index contributed by atoms with van der Waals surface area (Å²) in [5.41, 5.74) is 9.75. The quantitative estimate of drug-likeness (QED) is 0.381. The predicted molar refractivity (Wildman–Crippen MR) is 114 cm³/mol. The van der Waals surface area contributed by atoms with Crippen molar-refractivity contribution in [2.24, 2.45) is 0 Å². The van der Waals surface area contributed by atoms with Crippen LogP contribution in [0.4, 0.5) is 11.4 Å². The molecule has 6 rings (SSSR count). The molecule has 0 unspecified atom stereocenters. The van der Waals surface area contributed by atoms with Crippen LogP contribution >= 0.6 is 0 Å². The number of hydrogen-bond acceptors (Lipinski definition) is 2. The average Bonchev–Trinajstić information content (AvgIpc) is 3.05. The minimum atomic E-state index is -0.348. The molecule has 1 spiro atoms. The second kappa shape index (κ2) is 5.49. The summed E-state index contributed by atoms with van der Waals surface area (Å²) in [4.78, 5) is 0. The minimum Gasteiger partial charge on any atom is -0.497 e. The second-order valence-electron chi connectivity index (χ2n) is 7.42. The first-order valence-electron chi connectivity index (χ1n) is 9.58. The number of hydrogen-bond donors (Lipinski definition) is 1. The summed E-state index contributed by atoms with van der Waals surface area (Å²) in [6.07, 6.45) is 0. The zero-order chi connectivity index (χ0) is 18.7. The molecule has 2 nitrogen and oxygen atoms in total. The molecule has 4 aromatic carbocycles. The molecule has 0 saturated carbocycles. The van der Waals surface area contributed by atoms with Crippen molar-refractivity contribution in [2.75, 3.05) is 12.4 Å². The smallest absolute Gasteiger partial charge is 0.119 e. The van der Waals surface area contributed by atoms with E-state index in [1.165, 1.54) is 33.4 Å². The largest absolute Gasteiger partial charge is 0.497 e. The Labute approximate surface area is 164 Å².